The average molecular weight is 400 g/mol. The van der Waals surface area contributed by atoms with Gasteiger partial charge in [0.05, 0.1) is 0 Å². The number of hydrogen-bond acceptors (Lipinski definition) is 6. The highest BCUT2D eigenvalue weighted by Crippen LogP contribution is 2.62. The summed E-state index contributed by atoms with van der Waals surface area (Å²) in [6, 6.07) is 10.4. The summed E-state index contributed by atoms with van der Waals surface area (Å²) in [4.78, 5) is 22.7. The monoisotopic (exact) mass is 399 g/mol. The van der Waals surface area contributed by atoms with Crippen molar-refractivity contribution in [2.24, 2.45) is 21.9 Å². The van der Waals surface area contributed by atoms with E-state index in [-0.39, 0.29) is 29.1 Å². The van der Waals surface area contributed by atoms with E-state index in [0.717, 1.165) is 39.0 Å². The molecule has 1 aromatic carbocycles. The Balaban J connectivity index is 1.25. The van der Waals surface area contributed by atoms with Gasteiger partial charge in [0.1, 0.15) is 18.4 Å². The van der Waals surface area contributed by atoms with Gasteiger partial charge >= 0.3 is 0 Å². The van der Waals surface area contributed by atoms with Crippen LogP contribution in [0.5, 0.6) is 0 Å². The zero-order valence-corrected chi connectivity index (χ0v) is 17.8. The molecular weight excluding hydrogens is 366 g/mol. The molecule has 3 atom stereocenters. The molecule has 1 aromatic rings. The molecule has 3 aliphatic rings. The lowest BCUT2D eigenvalue weighted by Gasteiger charge is -2.36. The van der Waals surface area contributed by atoms with Crippen molar-refractivity contribution in [1.29, 1.82) is 0 Å². The number of oxime groups is 1. The topological polar surface area (TPSA) is 65.4 Å². The molecule has 1 heterocycles. The summed E-state index contributed by atoms with van der Waals surface area (Å²) in [6.07, 6.45) is 1.31. The van der Waals surface area contributed by atoms with E-state index in [1.165, 1.54) is 5.69 Å². The molecule has 2 bridgehead atoms. The van der Waals surface area contributed by atoms with Crippen LogP contribution in [0.15, 0.2) is 35.5 Å². The second-order valence-electron chi connectivity index (χ2n) is 9.52. The van der Waals surface area contributed by atoms with Crippen LogP contribution in [0, 0.1) is 16.7 Å². The van der Waals surface area contributed by atoms with Crippen LogP contribution in [0.1, 0.15) is 33.6 Å². The molecule has 0 spiro atoms. The minimum Gasteiger partial charge on any atom is -0.393 e. The van der Waals surface area contributed by atoms with Gasteiger partial charge in [-0.3, -0.25) is 9.69 Å². The Bertz CT molecular complexity index is 771. The fourth-order valence-corrected chi connectivity index (χ4v) is 5.33. The third kappa shape index (κ3) is 3.57. The summed E-state index contributed by atoms with van der Waals surface area (Å²) in [7, 11) is 0. The van der Waals surface area contributed by atoms with Crippen LogP contribution < -0.4 is 4.90 Å². The van der Waals surface area contributed by atoms with Crippen molar-refractivity contribution in [3.05, 3.63) is 30.3 Å². The standard InChI is InChI=1S/C23H33N3O3/c1-22(2)19-9-10-23(22,3)21(20(19)28)24-29-16-18(27)15-25-11-13-26(14-12-25)17-7-5-4-6-8-17/h4-8,18-19,27H,9-16H2,1-3H3/b24-21+/t18?,19-,23+/m0/s1. The molecule has 1 saturated heterocycles. The lowest BCUT2D eigenvalue weighted by molar-refractivity contribution is -0.117. The average Bonchev–Trinajstić information content (AvgIpc) is 3.02. The van der Waals surface area contributed by atoms with Crippen molar-refractivity contribution in [1.82, 2.24) is 4.90 Å². The summed E-state index contributed by atoms with van der Waals surface area (Å²) in [5.41, 5.74) is 1.54. The van der Waals surface area contributed by atoms with E-state index in [1.54, 1.807) is 0 Å². The highest BCUT2D eigenvalue weighted by Gasteiger charge is 2.65. The molecule has 2 saturated carbocycles. The van der Waals surface area contributed by atoms with Gasteiger partial charge in [0.15, 0.2) is 5.78 Å². The molecule has 1 N–H and O–H groups in total. The van der Waals surface area contributed by atoms with Crippen molar-refractivity contribution < 1.29 is 14.7 Å². The quantitative estimate of drug-likeness (QED) is 0.745. The second-order valence-corrected chi connectivity index (χ2v) is 9.52. The summed E-state index contributed by atoms with van der Waals surface area (Å²) < 4.78 is 0. The number of nitrogens with zero attached hydrogens (tertiary/aromatic N) is 3. The molecule has 2 aliphatic carbocycles. The molecule has 6 heteroatoms. The van der Waals surface area contributed by atoms with Crippen LogP contribution >= 0.6 is 0 Å². The molecule has 0 radical (unpaired) electrons. The third-order valence-corrected chi connectivity index (χ3v) is 7.68. The molecular formula is C23H33N3O3. The Hall–Kier alpha value is -1.92. The number of para-hydroxylation sites is 1. The summed E-state index contributed by atoms with van der Waals surface area (Å²) >= 11 is 0. The maximum Gasteiger partial charge on any atom is 0.184 e. The van der Waals surface area contributed by atoms with Gasteiger partial charge in [-0.15, -0.1) is 0 Å². The lowest BCUT2D eigenvalue weighted by Crippen LogP contribution is -2.49. The van der Waals surface area contributed by atoms with E-state index in [9.17, 15) is 9.90 Å². The SMILES string of the molecule is CC1(C)[C@H]2CC[C@]1(C)/C(=N/OCC(O)CN1CCN(c3ccccc3)CC1)C2=O. The van der Waals surface area contributed by atoms with E-state index >= 15 is 0 Å². The highest BCUT2D eigenvalue weighted by molar-refractivity contribution is 6.45. The fraction of sp³-hybridized carbons (Fsp3) is 0.652. The number of anilines is 1. The summed E-state index contributed by atoms with van der Waals surface area (Å²) in [6.45, 7) is 10.8. The second kappa shape index (κ2) is 7.73. The van der Waals surface area contributed by atoms with Gasteiger partial charge in [0, 0.05) is 49.7 Å². The summed E-state index contributed by atoms with van der Waals surface area (Å²) in [5.74, 6) is 0.191. The Morgan fingerprint density at radius 1 is 1.17 bits per heavy atom. The van der Waals surface area contributed by atoms with E-state index in [1.807, 2.05) is 6.07 Å². The normalized spacial score (nSPS) is 31.4. The van der Waals surface area contributed by atoms with Crippen LogP contribution in [0.25, 0.3) is 0 Å². The molecule has 0 aromatic heterocycles. The number of hydrogen-bond donors (Lipinski definition) is 1. The number of rotatable bonds is 6. The van der Waals surface area contributed by atoms with Gasteiger partial charge in [-0.1, -0.05) is 44.1 Å². The fourth-order valence-electron chi connectivity index (χ4n) is 5.33. The number of carbonyl (C=O) groups is 1. The number of fused-ring (bicyclic) bond motifs is 2. The minimum absolute atomic E-state index is 0.0562. The van der Waals surface area contributed by atoms with Crippen molar-refractivity contribution in [2.75, 3.05) is 44.2 Å². The summed E-state index contributed by atoms with van der Waals surface area (Å²) in [5, 5.41) is 14.6. The number of ketones is 1. The van der Waals surface area contributed by atoms with Crippen molar-refractivity contribution in [3.63, 3.8) is 0 Å². The molecule has 4 rings (SSSR count). The maximum absolute atomic E-state index is 12.6. The van der Waals surface area contributed by atoms with E-state index < -0.39 is 6.10 Å². The van der Waals surface area contributed by atoms with Gasteiger partial charge in [-0.2, -0.15) is 0 Å². The predicted molar refractivity (Wildman–Crippen MR) is 114 cm³/mol. The Morgan fingerprint density at radius 2 is 1.86 bits per heavy atom. The molecule has 158 valence electrons. The van der Waals surface area contributed by atoms with Crippen LogP contribution in [0.4, 0.5) is 5.69 Å². The molecule has 0 amide bonds. The number of Topliss-reactive ketones (excluding diaryl/α,β-unsaturated/α-hetero) is 1. The van der Waals surface area contributed by atoms with E-state index in [4.69, 9.17) is 4.84 Å². The molecule has 3 fully saturated rings. The Morgan fingerprint density at radius 3 is 2.48 bits per heavy atom. The molecule has 1 unspecified atom stereocenters. The Kier molecular flexibility index (Phi) is 5.42. The highest BCUT2D eigenvalue weighted by atomic mass is 16.6. The first-order valence-electron chi connectivity index (χ1n) is 10.8. The minimum atomic E-state index is -0.614. The van der Waals surface area contributed by atoms with Crippen molar-refractivity contribution in [2.45, 2.75) is 39.7 Å². The number of aliphatic hydroxyl groups excluding tert-OH is 1. The zero-order valence-electron chi connectivity index (χ0n) is 17.8. The van der Waals surface area contributed by atoms with Gasteiger partial charge in [0.25, 0.3) is 0 Å². The number of benzene rings is 1. The zero-order chi connectivity index (χ0) is 20.6. The third-order valence-electron chi connectivity index (χ3n) is 7.68. The maximum atomic E-state index is 12.6. The number of carbonyl (C=O) groups excluding carboxylic acids is 1. The van der Waals surface area contributed by atoms with Crippen LogP contribution in [0.2, 0.25) is 0 Å². The van der Waals surface area contributed by atoms with Crippen LogP contribution in [-0.4, -0.2) is 66.9 Å². The van der Waals surface area contributed by atoms with Gasteiger partial charge in [0.2, 0.25) is 0 Å². The van der Waals surface area contributed by atoms with E-state index in [0.29, 0.717) is 12.3 Å². The first-order valence-corrected chi connectivity index (χ1v) is 10.8. The van der Waals surface area contributed by atoms with E-state index in [2.05, 4.69) is 60.0 Å². The number of piperazine rings is 1. The molecule has 29 heavy (non-hydrogen) atoms. The molecule has 6 nitrogen and oxygen atoms in total. The largest absolute Gasteiger partial charge is 0.393 e. The van der Waals surface area contributed by atoms with Gasteiger partial charge in [-0.05, 0) is 30.4 Å². The Labute approximate surface area is 173 Å². The van der Waals surface area contributed by atoms with Crippen LogP contribution in [0.3, 0.4) is 0 Å². The predicted octanol–water partition coefficient (Wildman–Crippen LogP) is 2.57. The van der Waals surface area contributed by atoms with Gasteiger partial charge in [-0.25, -0.2) is 0 Å². The van der Waals surface area contributed by atoms with Gasteiger partial charge < -0.3 is 14.8 Å². The number of aliphatic hydroxyl groups is 1. The van der Waals surface area contributed by atoms with Crippen molar-refractivity contribution >= 4 is 17.2 Å². The van der Waals surface area contributed by atoms with Crippen LogP contribution in [-0.2, 0) is 9.63 Å². The first kappa shape index (κ1) is 20.4. The van der Waals surface area contributed by atoms with Crippen molar-refractivity contribution in [3.8, 4) is 0 Å². The number of β-amino-alcohol motifs (C(OH)–C–C–N with tert-alkyl or cyclic N) is 1. The molecule has 1 aliphatic heterocycles. The lowest BCUT2D eigenvalue weighted by atomic mass is 9.70. The smallest absolute Gasteiger partial charge is 0.184 e. The first-order chi connectivity index (χ1) is 13.8.